The van der Waals surface area contributed by atoms with E-state index in [0.717, 1.165) is 31.9 Å². The highest BCUT2D eigenvalue weighted by molar-refractivity contribution is 5.23. The summed E-state index contributed by atoms with van der Waals surface area (Å²) in [5.74, 6) is -1.52. The monoisotopic (exact) mass is 298 g/mol. The van der Waals surface area contributed by atoms with E-state index in [-0.39, 0.29) is 6.04 Å². The second-order valence-electron chi connectivity index (χ2n) is 5.59. The first kappa shape index (κ1) is 18.1. The molecule has 21 heavy (non-hydrogen) atoms. The molecule has 0 fully saturated rings. The van der Waals surface area contributed by atoms with E-state index >= 15 is 0 Å². The quantitative estimate of drug-likeness (QED) is 0.737. The molecule has 0 aliphatic heterocycles. The molecule has 1 aromatic rings. The summed E-state index contributed by atoms with van der Waals surface area (Å²) in [7, 11) is 1.80. The Labute approximate surface area is 127 Å². The first-order valence-electron chi connectivity index (χ1n) is 7.90. The number of hydrogen-bond acceptors (Lipinski definition) is 2. The number of nitrogens with one attached hydrogen (secondary N) is 1. The van der Waals surface area contributed by atoms with Gasteiger partial charge in [0.25, 0.3) is 0 Å². The van der Waals surface area contributed by atoms with Crippen LogP contribution in [-0.2, 0) is 0 Å². The lowest BCUT2D eigenvalue weighted by molar-refractivity contribution is 0.180. The third kappa shape index (κ3) is 5.04. The minimum absolute atomic E-state index is 0.202. The third-order valence-corrected chi connectivity index (χ3v) is 4.14. The van der Waals surface area contributed by atoms with Crippen LogP contribution in [-0.4, -0.2) is 31.1 Å². The average Bonchev–Trinajstić information content (AvgIpc) is 2.50. The summed E-state index contributed by atoms with van der Waals surface area (Å²) in [5, 5.41) is 3.12. The number of benzene rings is 1. The van der Waals surface area contributed by atoms with Crippen molar-refractivity contribution in [3.8, 4) is 0 Å². The van der Waals surface area contributed by atoms with Gasteiger partial charge in [0.2, 0.25) is 0 Å². The highest BCUT2D eigenvalue weighted by Crippen LogP contribution is 2.21. The fourth-order valence-electron chi connectivity index (χ4n) is 2.48. The fraction of sp³-hybridized carbons (Fsp3) is 0.647. The van der Waals surface area contributed by atoms with Crippen molar-refractivity contribution in [2.45, 2.75) is 52.1 Å². The standard InChI is InChI=1S/C17H28F2N2/c1-5-7-11-21(13(3)6-2)12-16(20-4)14-9-8-10-15(18)17(14)19/h8-10,13,16,20H,5-7,11-12H2,1-4H3. The SMILES string of the molecule is CCCCN(CC(NC)c1cccc(F)c1F)C(C)CC. The molecule has 0 spiro atoms. The molecule has 2 atom stereocenters. The van der Waals surface area contributed by atoms with Crippen molar-refractivity contribution >= 4 is 0 Å². The van der Waals surface area contributed by atoms with Gasteiger partial charge in [-0.25, -0.2) is 8.78 Å². The number of rotatable bonds is 9. The predicted molar refractivity (Wildman–Crippen MR) is 84.4 cm³/mol. The molecule has 2 nitrogen and oxygen atoms in total. The Balaban J connectivity index is 2.89. The summed E-state index contributed by atoms with van der Waals surface area (Å²) in [6.07, 6.45) is 3.30. The van der Waals surface area contributed by atoms with E-state index in [4.69, 9.17) is 0 Å². The maximum atomic E-state index is 14.0. The zero-order valence-electron chi connectivity index (χ0n) is 13.6. The molecular weight excluding hydrogens is 270 g/mol. The second-order valence-corrected chi connectivity index (χ2v) is 5.59. The molecule has 0 aliphatic rings. The van der Waals surface area contributed by atoms with E-state index in [1.807, 2.05) is 0 Å². The number of unbranched alkanes of at least 4 members (excludes halogenated alkanes) is 1. The van der Waals surface area contributed by atoms with E-state index in [0.29, 0.717) is 18.2 Å². The fourth-order valence-corrected chi connectivity index (χ4v) is 2.48. The van der Waals surface area contributed by atoms with Gasteiger partial charge in [-0.05, 0) is 39.4 Å². The highest BCUT2D eigenvalue weighted by Gasteiger charge is 2.21. The van der Waals surface area contributed by atoms with Crippen molar-refractivity contribution in [2.75, 3.05) is 20.1 Å². The maximum absolute atomic E-state index is 14.0. The molecule has 0 bridgehead atoms. The van der Waals surface area contributed by atoms with Crippen LogP contribution in [0, 0.1) is 11.6 Å². The predicted octanol–water partition coefficient (Wildman–Crippen LogP) is 4.13. The first-order chi connectivity index (χ1) is 10.0. The minimum atomic E-state index is -0.781. The Hall–Kier alpha value is -1.00. The Bertz CT molecular complexity index is 423. The normalized spacial score (nSPS) is 14.4. The van der Waals surface area contributed by atoms with Gasteiger partial charge < -0.3 is 5.32 Å². The molecular formula is C17H28F2N2. The second kappa shape index (κ2) is 9.11. The lowest BCUT2D eigenvalue weighted by Crippen LogP contribution is -2.40. The number of likely N-dealkylation sites (N-methyl/N-ethyl adjacent to an activating group) is 1. The van der Waals surface area contributed by atoms with Crippen LogP contribution < -0.4 is 5.32 Å². The average molecular weight is 298 g/mol. The molecule has 0 heterocycles. The van der Waals surface area contributed by atoms with Gasteiger partial charge in [0.05, 0.1) is 0 Å². The van der Waals surface area contributed by atoms with Gasteiger partial charge in [0, 0.05) is 24.2 Å². The Kier molecular flexibility index (Phi) is 7.83. The van der Waals surface area contributed by atoms with Crippen LogP contribution in [0.15, 0.2) is 18.2 Å². The molecule has 0 radical (unpaired) electrons. The minimum Gasteiger partial charge on any atom is -0.312 e. The summed E-state index contributed by atoms with van der Waals surface area (Å²) in [5.41, 5.74) is 0.405. The molecule has 0 aliphatic carbocycles. The molecule has 4 heteroatoms. The van der Waals surface area contributed by atoms with E-state index < -0.39 is 11.6 Å². The van der Waals surface area contributed by atoms with Crippen LogP contribution in [0.2, 0.25) is 0 Å². The Morgan fingerprint density at radius 3 is 2.52 bits per heavy atom. The molecule has 0 saturated carbocycles. The number of nitrogens with zero attached hydrogens (tertiary/aromatic N) is 1. The summed E-state index contributed by atoms with van der Waals surface area (Å²) in [6, 6.07) is 4.62. The lowest BCUT2D eigenvalue weighted by Gasteiger charge is -2.32. The summed E-state index contributed by atoms with van der Waals surface area (Å²) in [4.78, 5) is 2.36. The zero-order chi connectivity index (χ0) is 15.8. The molecule has 120 valence electrons. The van der Waals surface area contributed by atoms with Crippen LogP contribution in [0.3, 0.4) is 0 Å². The number of hydrogen-bond donors (Lipinski definition) is 1. The van der Waals surface area contributed by atoms with Crippen LogP contribution >= 0.6 is 0 Å². The van der Waals surface area contributed by atoms with Crippen LogP contribution in [0.4, 0.5) is 8.78 Å². The van der Waals surface area contributed by atoms with E-state index in [9.17, 15) is 8.78 Å². The Morgan fingerprint density at radius 1 is 1.24 bits per heavy atom. The van der Waals surface area contributed by atoms with Crippen molar-refractivity contribution in [1.82, 2.24) is 10.2 Å². The summed E-state index contributed by atoms with van der Waals surface area (Å²) in [6.45, 7) is 8.17. The molecule has 0 aromatic heterocycles. The molecule has 1 N–H and O–H groups in total. The number of halogens is 2. The molecule has 2 unspecified atom stereocenters. The van der Waals surface area contributed by atoms with Gasteiger partial charge in [0.1, 0.15) is 0 Å². The zero-order valence-corrected chi connectivity index (χ0v) is 13.6. The van der Waals surface area contributed by atoms with Gasteiger partial charge in [-0.1, -0.05) is 32.4 Å². The van der Waals surface area contributed by atoms with Crippen molar-refractivity contribution in [1.29, 1.82) is 0 Å². The molecule has 0 amide bonds. The van der Waals surface area contributed by atoms with Gasteiger partial charge >= 0.3 is 0 Å². The van der Waals surface area contributed by atoms with Gasteiger partial charge in [-0.15, -0.1) is 0 Å². The van der Waals surface area contributed by atoms with Gasteiger partial charge in [0.15, 0.2) is 11.6 Å². The maximum Gasteiger partial charge on any atom is 0.163 e. The summed E-state index contributed by atoms with van der Waals surface area (Å²) < 4.78 is 27.4. The van der Waals surface area contributed by atoms with E-state index in [2.05, 4.69) is 31.0 Å². The van der Waals surface area contributed by atoms with Gasteiger partial charge in [-0.2, -0.15) is 0 Å². The molecule has 0 saturated heterocycles. The van der Waals surface area contributed by atoms with Crippen molar-refractivity contribution in [3.05, 3.63) is 35.4 Å². The molecule has 1 aromatic carbocycles. The smallest absolute Gasteiger partial charge is 0.163 e. The van der Waals surface area contributed by atoms with Crippen molar-refractivity contribution in [2.24, 2.45) is 0 Å². The van der Waals surface area contributed by atoms with Crippen molar-refractivity contribution < 1.29 is 8.78 Å². The van der Waals surface area contributed by atoms with Crippen molar-refractivity contribution in [3.63, 3.8) is 0 Å². The molecule has 1 rings (SSSR count). The largest absolute Gasteiger partial charge is 0.312 e. The van der Waals surface area contributed by atoms with Crippen LogP contribution in [0.1, 0.15) is 51.6 Å². The van der Waals surface area contributed by atoms with Gasteiger partial charge in [-0.3, -0.25) is 4.90 Å². The lowest BCUT2D eigenvalue weighted by atomic mass is 10.0. The summed E-state index contributed by atoms with van der Waals surface area (Å²) >= 11 is 0. The van der Waals surface area contributed by atoms with E-state index in [1.165, 1.54) is 0 Å². The third-order valence-electron chi connectivity index (χ3n) is 4.14. The van der Waals surface area contributed by atoms with Crippen LogP contribution in [0.25, 0.3) is 0 Å². The topological polar surface area (TPSA) is 15.3 Å². The highest BCUT2D eigenvalue weighted by atomic mass is 19.2. The first-order valence-corrected chi connectivity index (χ1v) is 7.90. The Morgan fingerprint density at radius 2 is 1.95 bits per heavy atom. The van der Waals surface area contributed by atoms with Crippen LogP contribution in [0.5, 0.6) is 0 Å². The van der Waals surface area contributed by atoms with E-state index in [1.54, 1.807) is 19.2 Å².